The van der Waals surface area contributed by atoms with Crippen LogP contribution in [0.15, 0.2) is 18.3 Å². The lowest BCUT2D eigenvalue weighted by atomic mass is 9.90. The molecular formula is C15H24ClN3. The fourth-order valence-corrected chi connectivity index (χ4v) is 3.07. The number of aromatic nitrogens is 1. The molecule has 0 unspecified atom stereocenters. The first kappa shape index (κ1) is 14.8. The van der Waals surface area contributed by atoms with E-state index in [4.69, 9.17) is 17.3 Å². The van der Waals surface area contributed by atoms with Crippen molar-refractivity contribution in [1.82, 2.24) is 9.88 Å². The Hall–Kier alpha value is -0.640. The van der Waals surface area contributed by atoms with Gasteiger partial charge in [0, 0.05) is 29.8 Å². The van der Waals surface area contributed by atoms with Gasteiger partial charge in [0.1, 0.15) is 0 Å². The van der Waals surface area contributed by atoms with Gasteiger partial charge in [-0.25, -0.2) is 0 Å². The topological polar surface area (TPSA) is 42.2 Å². The maximum Gasteiger partial charge on any atom is 0.0558 e. The minimum Gasteiger partial charge on any atom is -0.328 e. The van der Waals surface area contributed by atoms with Crippen LogP contribution < -0.4 is 5.73 Å². The molecule has 0 radical (unpaired) electrons. The van der Waals surface area contributed by atoms with Crippen LogP contribution in [0, 0.1) is 0 Å². The summed E-state index contributed by atoms with van der Waals surface area (Å²) in [6.45, 7) is 4.25. The van der Waals surface area contributed by atoms with Gasteiger partial charge >= 0.3 is 0 Å². The van der Waals surface area contributed by atoms with Crippen molar-refractivity contribution in [1.29, 1.82) is 0 Å². The third kappa shape index (κ3) is 4.44. The minimum atomic E-state index is 0.407. The Bertz CT molecular complexity index is 389. The average molecular weight is 282 g/mol. The van der Waals surface area contributed by atoms with E-state index >= 15 is 0 Å². The number of hydrogen-bond acceptors (Lipinski definition) is 3. The summed E-state index contributed by atoms with van der Waals surface area (Å²) in [5, 5.41) is 0.770. The first-order valence-corrected chi connectivity index (χ1v) is 7.67. The molecule has 2 rings (SSSR count). The van der Waals surface area contributed by atoms with Crippen molar-refractivity contribution in [3.05, 3.63) is 29.0 Å². The Morgan fingerprint density at radius 1 is 1.37 bits per heavy atom. The highest BCUT2D eigenvalue weighted by atomic mass is 35.5. The number of pyridine rings is 1. The Morgan fingerprint density at radius 3 is 2.74 bits per heavy atom. The van der Waals surface area contributed by atoms with Gasteiger partial charge in [-0.15, -0.1) is 0 Å². The second kappa shape index (κ2) is 7.22. The third-order valence-electron chi connectivity index (χ3n) is 3.91. The van der Waals surface area contributed by atoms with E-state index in [1.54, 1.807) is 6.20 Å². The summed E-state index contributed by atoms with van der Waals surface area (Å²) in [4.78, 5) is 6.97. The quantitative estimate of drug-likeness (QED) is 0.901. The summed E-state index contributed by atoms with van der Waals surface area (Å²) < 4.78 is 0. The van der Waals surface area contributed by atoms with Crippen LogP contribution in [0.3, 0.4) is 0 Å². The molecular weight excluding hydrogens is 258 g/mol. The van der Waals surface area contributed by atoms with Gasteiger partial charge in [0.2, 0.25) is 0 Å². The summed E-state index contributed by atoms with van der Waals surface area (Å²) in [5.41, 5.74) is 7.06. The van der Waals surface area contributed by atoms with Crippen molar-refractivity contribution in [2.75, 3.05) is 6.54 Å². The van der Waals surface area contributed by atoms with Gasteiger partial charge in [-0.3, -0.25) is 9.88 Å². The smallest absolute Gasteiger partial charge is 0.0558 e. The van der Waals surface area contributed by atoms with Crippen LogP contribution in [-0.4, -0.2) is 28.5 Å². The molecule has 0 saturated heterocycles. The molecule has 19 heavy (non-hydrogen) atoms. The molecule has 1 aliphatic rings. The van der Waals surface area contributed by atoms with Crippen molar-refractivity contribution in [2.45, 2.75) is 57.7 Å². The van der Waals surface area contributed by atoms with Gasteiger partial charge in [-0.2, -0.15) is 0 Å². The second-order valence-corrected chi connectivity index (χ2v) is 5.94. The zero-order valence-corrected chi connectivity index (χ0v) is 12.4. The van der Waals surface area contributed by atoms with Crippen LogP contribution in [0.2, 0.25) is 5.02 Å². The molecule has 0 atom stereocenters. The Labute approximate surface area is 121 Å². The van der Waals surface area contributed by atoms with Gasteiger partial charge in [0.25, 0.3) is 0 Å². The van der Waals surface area contributed by atoms with Gasteiger partial charge in [-0.1, -0.05) is 18.5 Å². The zero-order chi connectivity index (χ0) is 13.7. The molecule has 1 saturated carbocycles. The molecule has 4 heteroatoms. The number of rotatable bonds is 5. The summed E-state index contributed by atoms with van der Waals surface area (Å²) >= 11 is 6.04. The van der Waals surface area contributed by atoms with Crippen LogP contribution in [0.5, 0.6) is 0 Å². The van der Waals surface area contributed by atoms with Crippen molar-refractivity contribution >= 4 is 11.6 Å². The van der Waals surface area contributed by atoms with Gasteiger partial charge in [0.15, 0.2) is 0 Å². The van der Waals surface area contributed by atoms with E-state index in [1.165, 1.54) is 19.3 Å². The Kier molecular flexibility index (Phi) is 5.61. The van der Waals surface area contributed by atoms with E-state index in [2.05, 4.69) is 16.8 Å². The van der Waals surface area contributed by atoms with Crippen LogP contribution in [0.25, 0.3) is 0 Å². The van der Waals surface area contributed by atoms with E-state index in [9.17, 15) is 0 Å². The van der Waals surface area contributed by atoms with Crippen molar-refractivity contribution in [3.63, 3.8) is 0 Å². The third-order valence-corrected chi connectivity index (χ3v) is 4.15. The highest BCUT2D eigenvalue weighted by Gasteiger charge is 2.24. The summed E-state index contributed by atoms with van der Waals surface area (Å²) in [7, 11) is 0. The highest BCUT2D eigenvalue weighted by molar-refractivity contribution is 6.30. The lowest BCUT2D eigenvalue weighted by Crippen LogP contribution is -2.41. The molecule has 1 aromatic rings. The van der Waals surface area contributed by atoms with Crippen LogP contribution in [-0.2, 0) is 6.54 Å². The maximum absolute atomic E-state index is 6.04. The standard InChI is InChI=1S/C15H24ClN3/c1-2-9-19(15-5-3-13(17)4-6-15)11-14-10-12(16)7-8-18-14/h7-8,10,13,15H,2-6,9,11,17H2,1H3. The van der Waals surface area contributed by atoms with Gasteiger partial charge in [-0.05, 0) is 50.8 Å². The molecule has 106 valence electrons. The van der Waals surface area contributed by atoms with E-state index in [0.717, 1.165) is 36.6 Å². The fourth-order valence-electron chi connectivity index (χ4n) is 2.89. The average Bonchev–Trinajstić information content (AvgIpc) is 2.39. The molecule has 1 aliphatic carbocycles. The molecule has 1 heterocycles. The molecule has 0 bridgehead atoms. The van der Waals surface area contributed by atoms with Crippen LogP contribution >= 0.6 is 11.6 Å². The predicted octanol–water partition coefficient (Wildman–Crippen LogP) is 3.22. The molecule has 2 N–H and O–H groups in total. The van der Waals surface area contributed by atoms with Crippen molar-refractivity contribution in [3.8, 4) is 0 Å². The van der Waals surface area contributed by atoms with E-state index in [1.807, 2.05) is 12.1 Å². The zero-order valence-electron chi connectivity index (χ0n) is 11.7. The van der Waals surface area contributed by atoms with E-state index in [-0.39, 0.29) is 0 Å². The number of nitrogens with zero attached hydrogens (tertiary/aromatic N) is 2. The lowest BCUT2D eigenvalue weighted by molar-refractivity contribution is 0.140. The summed E-state index contributed by atoms with van der Waals surface area (Å²) in [6.07, 6.45) is 7.67. The van der Waals surface area contributed by atoms with E-state index in [0.29, 0.717) is 12.1 Å². The summed E-state index contributed by atoms with van der Waals surface area (Å²) in [5.74, 6) is 0. The first-order chi connectivity index (χ1) is 9.19. The molecule has 0 spiro atoms. The second-order valence-electron chi connectivity index (χ2n) is 5.50. The number of halogens is 1. The van der Waals surface area contributed by atoms with Crippen molar-refractivity contribution in [2.24, 2.45) is 5.73 Å². The molecule has 1 fully saturated rings. The SMILES string of the molecule is CCCN(Cc1cc(Cl)ccn1)C1CCC(N)CC1. The molecule has 0 amide bonds. The predicted molar refractivity (Wildman–Crippen MR) is 80.2 cm³/mol. The van der Waals surface area contributed by atoms with E-state index < -0.39 is 0 Å². The normalized spacial score (nSPS) is 23.8. The Morgan fingerprint density at radius 2 is 2.11 bits per heavy atom. The molecule has 0 aliphatic heterocycles. The lowest BCUT2D eigenvalue weighted by Gasteiger charge is -2.35. The number of nitrogens with two attached hydrogens (primary N) is 1. The maximum atomic E-state index is 6.04. The van der Waals surface area contributed by atoms with Crippen LogP contribution in [0.1, 0.15) is 44.7 Å². The Balaban J connectivity index is 1.99. The monoisotopic (exact) mass is 281 g/mol. The van der Waals surface area contributed by atoms with Crippen molar-refractivity contribution < 1.29 is 0 Å². The molecule has 3 nitrogen and oxygen atoms in total. The largest absolute Gasteiger partial charge is 0.328 e. The van der Waals surface area contributed by atoms with Crippen LogP contribution in [0.4, 0.5) is 0 Å². The summed E-state index contributed by atoms with van der Waals surface area (Å²) in [6, 6.07) is 4.86. The molecule has 0 aromatic carbocycles. The molecule has 1 aromatic heterocycles. The van der Waals surface area contributed by atoms with Gasteiger partial charge in [0.05, 0.1) is 5.69 Å². The first-order valence-electron chi connectivity index (χ1n) is 7.29. The van der Waals surface area contributed by atoms with Gasteiger partial charge < -0.3 is 5.73 Å². The fraction of sp³-hybridized carbons (Fsp3) is 0.667. The highest BCUT2D eigenvalue weighted by Crippen LogP contribution is 2.24. The number of hydrogen-bond donors (Lipinski definition) is 1. The minimum absolute atomic E-state index is 0.407.